The van der Waals surface area contributed by atoms with Gasteiger partial charge in [-0.3, -0.25) is 0 Å². The molecule has 0 amide bonds. The Morgan fingerprint density at radius 1 is 0.625 bits per heavy atom. The minimum absolute atomic E-state index is 0.736. The zero-order valence-electron chi connectivity index (χ0n) is 14.7. The third-order valence-corrected chi connectivity index (χ3v) is 4.28. The quantitative estimate of drug-likeness (QED) is 0.355. The molecule has 3 aromatic rings. The fraction of sp³-hybridized carbons (Fsp3) is 0.364. The van der Waals surface area contributed by atoms with E-state index >= 15 is 0 Å². The molecule has 3 rings (SSSR count). The van der Waals surface area contributed by atoms with Crippen molar-refractivity contribution in [1.82, 2.24) is 0 Å². The highest BCUT2D eigenvalue weighted by atomic mass is 16.5. The highest BCUT2D eigenvalue weighted by Gasteiger charge is 2.09. The van der Waals surface area contributed by atoms with E-state index < -0.39 is 0 Å². The summed E-state index contributed by atoms with van der Waals surface area (Å²) in [5, 5.41) is 4.90. The Balaban J connectivity index is 1.99. The van der Waals surface area contributed by atoms with Crippen LogP contribution in [0, 0.1) is 0 Å². The predicted molar refractivity (Wildman–Crippen MR) is 102 cm³/mol. The first kappa shape index (κ1) is 16.6. The van der Waals surface area contributed by atoms with E-state index in [1.54, 1.807) is 0 Å². The summed E-state index contributed by atoms with van der Waals surface area (Å²) in [6, 6.07) is 17.2. The molecule has 0 saturated heterocycles. The van der Waals surface area contributed by atoms with E-state index in [-0.39, 0.29) is 0 Å². The van der Waals surface area contributed by atoms with E-state index in [1.165, 1.54) is 21.5 Å². The molecule has 0 aromatic heterocycles. The third-order valence-electron chi connectivity index (χ3n) is 4.28. The predicted octanol–water partition coefficient (Wildman–Crippen LogP) is 6.35. The van der Waals surface area contributed by atoms with Gasteiger partial charge >= 0.3 is 0 Å². The molecule has 0 aliphatic heterocycles. The van der Waals surface area contributed by atoms with Gasteiger partial charge in [0.25, 0.3) is 0 Å². The maximum Gasteiger partial charge on any atom is 0.161 e. The van der Waals surface area contributed by atoms with Gasteiger partial charge in [0.1, 0.15) is 0 Å². The fourth-order valence-electron chi connectivity index (χ4n) is 2.83. The minimum atomic E-state index is 0.736. The molecular weight excluding hydrogens is 296 g/mol. The Labute approximate surface area is 144 Å². The van der Waals surface area contributed by atoms with Crippen molar-refractivity contribution in [2.24, 2.45) is 0 Å². The first-order valence-electron chi connectivity index (χ1n) is 9.04. The summed E-state index contributed by atoms with van der Waals surface area (Å²) in [5.41, 5.74) is 0. The summed E-state index contributed by atoms with van der Waals surface area (Å²) < 4.78 is 12.0. The van der Waals surface area contributed by atoms with Gasteiger partial charge in [-0.15, -0.1) is 0 Å². The normalized spacial score (nSPS) is 11.1. The van der Waals surface area contributed by atoms with Crippen molar-refractivity contribution in [2.45, 2.75) is 39.5 Å². The highest BCUT2D eigenvalue weighted by molar-refractivity contribution is 5.99. The molecule has 0 bridgehead atoms. The third kappa shape index (κ3) is 3.81. The number of benzene rings is 3. The average Bonchev–Trinajstić information content (AvgIpc) is 2.60. The van der Waals surface area contributed by atoms with Crippen LogP contribution in [0.5, 0.6) is 11.5 Å². The maximum atomic E-state index is 6.00. The molecule has 0 spiro atoms. The lowest BCUT2D eigenvalue weighted by Crippen LogP contribution is -2.02. The monoisotopic (exact) mass is 322 g/mol. The lowest BCUT2D eigenvalue weighted by atomic mass is 10.0. The van der Waals surface area contributed by atoms with E-state index in [0.717, 1.165) is 50.4 Å². The standard InChI is InChI=1S/C22H26O2/c1-3-5-11-23-21-15-19-13-17-9-7-8-10-18(17)14-20(19)16-22(21)24-12-6-4-2/h7-10,13-16H,3-6,11-12H2,1-2H3. The molecule has 0 aliphatic carbocycles. The second kappa shape index (κ2) is 8.05. The van der Waals surface area contributed by atoms with Gasteiger partial charge in [-0.05, 0) is 58.7 Å². The molecule has 3 aromatic carbocycles. The Hall–Kier alpha value is -2.22. The van der Waals surface area contributed by atoms with Gasteiger partial charge in [0.05, 0.1) is 13.2 Å². The Bertz CT molecular complexity index is 740. The van der Waals surface area contributed by atoms with Crippen molar-refractivity contribution in [3.05, 3.63) is 48.5 Å². The van der Waals surface area contributed by atoms with E-state index in [1.807, 2.05) is 0 Å². The lowest BCUT2D eigenvalue weighted by Gasteiger charge is -2.14. The van der Waals surface area contributed by atoms with Crippen LogP contribution in [-0.2, 0) is 0 Å². The van der Waals surface area contributed by atoms with Gasteiger partial charge in [0.2, 0.25) is 0 Å². The molecule has 2 heteroatoms. The summed E-state index contributed by atoms with van der Waals surface area (Å²) >= 11 is 0. The first-order chi connectivity index (χ1) is 11.8. The van der Waals surface area contributed by atoms with Gasteiger partial charge in [0, 0.05) is 0 Å². The average molecular weight is 322 g/mol. The second-order valence-electron chi connectivity index (χ2n) is 6.25. The van der Waals surface area contributed by atoms with Gasteiger partial charge in [-0.25, -0.2) is 0 Å². The van der Waals surface area contributed by atoms with Gasteiger partial charge in [0.15, 0.2) is 11.5 Å². The highest BCUT2D eigenvalue weighted by Crippen LogP contribution is 2.35. The van der Waals surface area contributed by atoms with Crippen LogP contribution in [0.1, 0.15) is 39.5 Å². The first-order valence-corrected chi connectivity index (χ1v) is 9.04. The molecule has 126 valence electrons. The topological polar surface area (TPSA) is 18.5 Å². The molecule has 0 N–H and O–H groups in total. The van der Waals surface area contributed by atoms with Crippen molar-refractivity contribution in [3.63, 3.8) is 0 Å². The van der Waals surface area contributed by atoms with E-state index in [4.69, 9.17) is 9.47 Å². The van der Waals surface area contributed by atoms with E-state index in [2.05, 4.69) is 62.4 Å². The van der Waals surface area contributed by atoms with Crippen LogP contribution in [-0.4, -0.2) is 13.2 Å². The van der Waals surface area contributed by atoms with Crippen LogP contribution in [0.15, 0.2) is 48.5 Å². The second-order valence-corrected chi connectivity index (χ2v) is 6.25. The molecule has 0 unspecified atom stereocenters. The summed E-state index contributed by atoms with van der Waals surface area (Å²) in [5.74, 6) is 1.73. The summed E-state index contributed by atoms with van der Waals surface area (Å²) in [6.07, 6.45) is 4.38. The molecule has 0 radical (unpaired) electrons. The van der Waals surface area contributed by atoms with E-state index in [9.17, 15) is 0 Å². The van der Waals surface area contributed by atoms with Gasteiger partial charge in [-0.2, -0.15) is 0 Å². The van der Waals surface area contributed by atoms with Gasteiger partial charge < -0.3 is 9.47 Å². The molecule has 0 aliphatic rings. The Morgan fingerprint density at radius 3 is 1.50 bits per heavy atom. The van der Waals surface area contributed by atoms with Crippen LogP contribution >= 0.6 is 0 Å². The van der Waals surface area contributed by atoms with Crippen LogP contribution < -0.4 is 9.47 Å². The molecule has 24 heavy (non-hydrogen) atoms. The number of ether oxygens (including phenoxy) is 2. The van der Waals surface area contributed by atoms with Crippen molar-refractivity contribution in [3.8, 4) is 11.5 Å². The largest absolute Gasteiger partial charge is 0.490 e. The van der Waals surface area contributed by atoms with Crippen LogP contribution in [0.4, 0.5) is 0 Å². The number of unbranched alkanes of at least 4 members (excludes halogenated alkanes) is 2. The SMILES string of the molecule is CCCCOc1cc2cc3ccccc3cc2cc1OCCCC. The summed E-state index contributed by atoms with van der Waals surface area (Å²) in [4.78, 5) is 0. The molecule has 2 nitrogen and oxygen atoms in total. The van der Waals surface area contributed by atoms with Crippen LogP contribution in [0.3, 0.4) is 0 Å². The minimum Gasteiger partial charge on any atom is -0.490 e. The molecule has 0 heterocycles. The summed E-state index contributed by atoms with van der Waals surface area (Å²) in [6.45, 7) is 5.82. The van der Waals surface area contributed by atoms with E-state index in [0.29, 0.717) is 0 Å². The van der Waals surface area contributed by atoms with Crippen molar-refractivity contribution in [2.75, 3.05) is 13.2 Å². The molecule has 0 atom stereocenters. The van der Waals surface area contributed by atoms with Crippen molar-refractivity contribution >= 4 is 21.5 Å². The van der Waals surface area contributed by atoms with Crippen LogP contribution in [0.2, 0.25) is 0 Å². The zero-order valence-corrected chi connectivity index (χ0v) is 14.7. The number of hydrogen-bond acceptors (Lipinski definition) is 2. The van der Waals surface area contributed by atoms with Crippen molar-refractivity contribution in [1.29, 1.82) is 0 Å². The van der Waals surface area contributed by atoms with Crippen molar-refractivity contribution < 1.29 is 9.47 Å². The maximum absolute atomic E-state index is 6.00. The molecule has 0 fully saturated rings. The number of fused-ring (bicyclic) bond motifs is 2. The zero-order chi connectivity index (χ0) is 16.8. The fourth-order valence-corrected chi connectivity index (χ4v) is 2.83. The number of rotatable bonds is 8. The summed E-state index contributed by atoms with van der Waals surface area (Å²) in [7, 11) is 0. The Morgan fingerprint density at radius 2 is 1.08 bits per heavy atom. The smallest absolute Gasteiger partial charge is 0.161 e. The number of hydrogen-bond donors (Lipinski definition) is 0. The lowest BCUT2D eigenvalue weighted by molar-refractivity contribution is 0.262. The molecule has 0 saturated carbocycles. The van der Waals surface area contributed by atoms with Crippen LogP contribution in [0.25, 0.3) is 21.5 Å². The molecular formula is C22H26O2. The van der Waals surface area contributed by atoms with Gasteiger partial charge in [-0.1, -0.05) is 51.0 Å². The Kier molecular flexibility index (Phi) is 5.58.